The van der Waals surface area contributed by atoms with Gasteiger partial charge in [0.2, 0.25) is 21.8 Å². The van der Waals surface area contributed by atoms with Crippen molar-refractivity contribution in [1.29, 1.82) is 0 Å². The summed E-state index contributed by atoms with van der Waals surface area (Å²) in [4.78, 5) is 27.9. The molecule has 9 heteroatoms. The number of benzene rings is 2. The van der Waals surface area contributed by atoms with Crippen LogP contribution >= 0.6 is 11.8 Å². The molecule has 0 unspecified atom stereocenters. The van der Waals surface area contributed by atoms with Gasteiger partial charge in [0.1, 0.15) is 6.54 Å². The quantitative estimate of drug-likeness (QED) is 0.690. The van der Waals surface area contributed by atoms with E-state index < -0.39 is 10.0 Å². The number of anilines is 2. The zero-order chi connectivity index (χ0) is 23.6. The van der Waals surface area contributed by atoms with Crippen LogP contribution in [0.5, 0.6) is 0 Å². The van der Waals surface area contributed by atoms with Crippen LogP contribution in [0, 0.1) is 13.8 Å². The summed E-state index contributed by atoms with van der Waals surface area (Å²) in [6, 6.07) is 10.6. The van der Waals surface area contributed by atoms with E-state index in [4.69, 9.17) is 0 Å². The van der Waals surface area contributed by atoms with Crippen molar-refractivity contribution in [2.45, 2.75) is 49.3 Å². The van der Waals surface area contributed by atoms with Gasteiger partial charge in [-0.05, 0) is 62.1 Å². The lowest BCUT2D eigenvalue weighted by atomic mass is 10.1. The average molecular weight is 488 g/mol. The third-order valence-corrected chi connectivity index (χ3v) is 9.20. The molecule has 2 aromatic carbocycles. The highest BCUT2D eigenvalue weighted by atomic mass is 32.2. The van der Waals surface area contributed by atoms with E-state index in [9.17, 15) is 18.0 Å². The number of hydrogen-bond donors (Lipinski definition) is 1. The lowest BCUT2D eigenvalue weighted by Gasteiger charge is -2.29. The van der Waals surface area contributed by atoms with Crippen molar-refractivity contribution < 1.29 is 18.0 Å². The van der Waals surface area contributed by atoms with Crippen LogP contribution in [0.15, 0.2) is 46.2 Å². The lowest BCUT2D eigenvalue weighted by Crippen LogP contribution is -2.41. The Morgan fingerprint density at radius 3 is 2.52 bits per heavy atom. The van der Waals surface area contributed by atoms with E-state index in [2.05, 4.69) is 5.32 Å². The molecule has 0 aliphatic carbocycles. The summed E-state index contributed by atoms with van der Waals surface area (Å²) in [5, 5.41) is 2.89. The standard InChI is InChI=1S/C24H29N3O4S2/c1-17-8-7-9-20(18(17)2)25-23(28)15-27-21-14-19(10-11-22(21)32-16-24(27)29)33(30,31)26-12-5-3-4-6-13-26/h7-11,14H,3-6,12-13,15-16H2,1-2H3,(H,25,28). The average Bonchev–Trinajstić information content (AvgIpc) is 3.09. The number of fused-ring (bicyclic) bond motifs is 1. The number of carbonyl (C=O) groups excluding carboxylic acids is 2. The topological polar surface area (TPSA) is 86.8 Å². The fraction of sp³-hybridized carbons (Fsp3) is 0.417. The number of rotatable bonds is 5. The third kappa shape index (κ3) is 5.10. The first-order chi connectivity index (χ1) is 15.8. The maximum Gasteiger partial charge on any atom is 0.244 e. The van der Waals surface area contributed by atoms with E-state index in [0.717, 1.165) is 41.7 Å². The molecule has 2 aliphatic rings. The first kappa shape index (κ1) is 23.8. The van der Waals surface area contributed by atoms with Crippen molar-refractivity contribution in [2.24, 2.45) is 0 Å². The lowest BCUT2D eigenvalue weighted by molar-refractivity contribution is -0.120. The van der Waals surface area contributed by atoms with Crippen molar-refractivity contribution in [3.8, 4) is 0 Å². The minimum Gasteiger partial charge on any atom is -0.324 e. The minimum atomic E-state index is -3.66. The number of thioether (sulfide) groups is 1. The Hall–Kier alpha value is -2.36. The molecule has 0 radical (unpaired) electrons. The number of sulfonamides is 1. The summed E-state index contributed by atoms with van der Waals surface area (Å²) in [6.07, 6.45) is 3.77. The predicted molar refractivity (Wildman–Crippen MR) is 131 cm³/mol. The van der Waals surface area contributed by atoms with Gasteiger partial charge in [-0.15, -0.1) is 11.8 Å². The summed E-state index contributed by atoms with van der Waals surface area (Å²) < 4.78 is 28.1. The molecular formula is C24H29N3O4S2. The molecule has 2 aliphatic heterocycles. The Kier molecular flexibility index (Phi) is 7.11. The molecule has 4 rings (SSSR count). The third-order valence-electron chi connectivity index (χ3n) is 6.26. The molecular weight excluding hydrogens is 458 g/mol. The SMILES string of the molecule is Cc1cccc(NC(=O)CN2C(=O)CSc3ccc(S(=O)(=O)N4CCCCCC4)cc32)c1C. The highest BCUT2D eigenvalue weighted by Crippen LogP contribution is 2.37. The van der Waals surface area contributed by atoms with Crippen molar-refractivity contribution in [3.05, 3.63) is 47.5 Å². The predicted octanol–water partition coefficient (Wildman–Crippen LogP) is 3.95. The van der Waals surface area contributed by atoms with Crippen LogP contribution in [0.2, 0.25) is 0 Å². The van der Waals surface area contributed by atoms with Gasteiger partial charge in [-0.2, -0.15) is 4.31 Å². The van der Waals surface area contributed by atoms with Crippen molar-refractivity contribution in [2.75, 3.05) is 35.6 Å². The van der Waals surface area contributed by atoms with Gasteiger partial charge in [-0.25, -0.2) is 8.42 Å². The second-order valence-electron chi connectivity index (χ2n) is 8.51. The van der Waals surface area contributed by atoms with Gasteiger partial charge in [0.05, 0.1) is 16.3 Å². The highest BCUT2D eigenvalue weighted by molar-refractivity contribution is 8.00. The van der Waals surface area contributed by atoms with Crippen molar-refractivity contribution in [3.63, 3.8) is 0 Å². The summed E-state index contributed by atoms with van der Waals surface area (Å²) in [5.41, 5.74) is 3.21. The number of hydrogen-bond acceptors (Lipinski definition) is 5. The van der Waals surface area contributed by atoms with Crippen LogP contribution in [0.3, 0.4) is 0 Å². The molecule has 0 atom stereocenters. The normalized spacial score (nSPS) is 17.4. The van der Waals surface area contributed by atoms with Gasteiger partial charge in [-0.1, -0.05) is 25.0 Å². The van der Waals surface area contributed by atoms with Crippen LogP contribution in [0.25, 0.3) is 0 Å². The number of amides is 2. The fourth-order valence-electron chi connectivity index (χ4n) is 4.17. The van der Waals surface area contributed by atoms with E-state index >= 15 is 0 Å². The smallest absolute Gasteiger partial charge is 0.244 e. The van der Waals surface area contributed by atoms with Crippen LogP contribution in [-0.4, -0.2) is 49.9 Å². The van der Waals surface area contributed by atoms with Crippen LogP contribution in [0.1, 0.15) is 36.8 Å². The van der Waals surface area contributed by atoms with Gasteiger partial charge >= 0.3 is 0 Å². The molecule has 0 bridgehead atoms. The Bertz CT molecular complexity index is 1170. The van der Waals surface area contributed by atoms with Crippen LogP contribution in [-0.2, 0) is 19.6 Å². The molecule has 176 valence electrons. The van der Waals surface area contributed by atoms with E-state index in [0.29, 0.717) is 24.5 Å². The van der Waals surface area contributed by atoms with Gasteiger partial charge in [-0.3, -0.25) is 9.59 Å². The number of nitrogens with zero attached hydrogens (tertiary/aromatic N) is 2. The second-order valence-corrected chi connectivity index (χ2v) is 11.5. The first-order valence-corrected chi connectivity index (χ1v) is 13.6. The maximum atomic E-state index is 13.3. The summed E-state index contributed by atoms with van der Waals surface area (Å²) in [6.45, 7) is 4.75. The van der Waals surface area contributed by atoms with Crippen molar-refractivity contribution >= 4 is 45.0 Å². The monoisotopic (exact) mass is 487 g/mol. The molecule has 0 saturated carbocycles. The van der Waals surface area contributed by atoms with Crippen molar-refractivity contribution in [1.82, 2.24) is 4.31 Å². The van der Waals surface area contributed by atoms with E-state index in [1.54, 1.807) is 18.2 Å². The molecule has 2 heterocycles. The van der Waals surface area contributed by atoms with Gasteiger partial charge in [0.15, 0.2) is 0 Å². The van der Waals surface area contributed by atoms with Crippen LogP contribution < -0.4 is 10.2 Å². The van der Waals surface area contributed by atoms with Gasteiger partial charge in [0, 0.05) is 23.7 Å². The summed E-state index contributed by atoms with van der Waals surface area (Å²) in [7, 11) is -3.66. The molecule has 2 amide bonds. The summed E-state index contributed by atoms with van der Waals surface area (Å²) >= 11 is 1.36. The molecule has 1 fully saturated rings. The summed E-state index contributed by atoms with van der Waals surface area (Å²) in [5.74, 6) is -0.328. The second kappa shape index (κ2) is 9.87. The maximum absolute atomic E-state index is 13.3. The van der Waals surface area contributed by atoms with E-state index in [-0.39, 0.29) is 29.0 Å². The molecule has 0 aromatic heterocycles. The Morgan fingerprint density at radius 2 is 1.79 bits per heavy atom. The molecule has 7 nitrogen and oxygen atoms in total. The Labute approximate surface area is 199 Å². The number of nitrogens with one attached hydrogen (secondary N) is 1. The van der Waals surface area contributed by atoms with Crippen LogP contribution in [0.4, 0.5) is 11.4 Å². The number of carbonyl (C=O) groups is 2. The molecule has 1 saturated heterocycles. The van der Waals surface area contributed by atoms with Gasteiger partial charge < -0.3 is 10.2 Å². The zero-order valence-electron chi connectivity index (χ0n) is 19.0. The Morgan fingerprint density at radius 1 is 1.06 bits per heavy atom. The largest absolute Gasteiger partial charge is 0.324 e. The minimum absolute atomic E-state index is 0.165. The Balaban J connectivity index is 1.59. The first-order valence-electron chi connectivity index (χ1n) is 11.2. The van der Waals surface area contributed by atoms with E-state index in [1.165, 1.54) is 21.0 Å². The number of aryl methyl sites for hydroxylation is 1. The molecule has 33 heavy (non-hydrogen) atoms. The molecule has 1 N–H and O–H groups in total. The van der Waals surface area contributed by atoms with Gasteiger partial charge in [0.25, 0.3) is 0 Å². The molecule has 2 aromatic rings. The zero-order valence-corrected chi connectivity index (χ0v) is 20.6. The van der Waals surface area contributed by atoms with E-state index in [1.807, 2.05) is 32.0 Å². The fourth-order valence-corrected chi connectivity index (χ4v) is 6.62. The highest BCUT2D eigenvalue weighted by Gasteiger charge is 2.31. The molecule has 0 spiro atoms.